The van der Waals surface area contributed by atoms with Gasteiger partial charge in [-0.2, -0.15) is 33.7 Å². The SMILES string of the molecule is Oc1ccc(C2CCc3cc(O)ccc3C2CCCCc2ccc(CCSCCCC(F)(F)C(F)(F)F)cc2)cc1. The third-order valence-corrected chi connectivity index (χ3v) is 9.11. The molecule has 0 bridgehead atoms. The molecule has 2 nitrogen and oxygen atoms in total. The number of fused-ring (bicyclic) bond motifs is 1. The number of aromatic hydroxyl groups is 2. The summed E-state index contributed by atoms with van der Waals surface area (Å²) in [5.41, 5.74) is 6.14. The number of benzene rings is 3. The minimum Gasteiger partial charge on any atom is -0.508 e. The van der Waals surface area contributed by atoms with Gasteiger partial charge in [-0.1, -0.05) is 48.9 Å². The zero-order valence-electron chi connectivity index (χ0n) is 23.0. The molecule has 0 amide bonds. The van der Waals surface area contributed by atoms with Crippen molar-refractivity contribution >= 4 is 11.8 Å². The highest BCUT2D eigenvalue weighted by Crippen LogP contribution is 2.46. The Hall–Kier alpha value is -2.74. The van der Waals surface area contributed by atoms with Crippen LogP contribution in [-0.4, -0.2) is 33.8 Å². The van der Waals surface area contributed by atoms with Crippen LogP contribution < -0.4 is 0 Å². The molecule has 0 aromatic heterocycles. The molecular weight excluding hydrogens is 555 g/mol. The molecule has 4 rings (SSSR count). The van der Waals surface area contributed by atoms with Crippen LogP contribution in [0.25, 0.3) is 0 Å². The maximum atomic E-state index is 13.0. The van der Waals surface area contributed by atoms with Crippen molar-refractivity contribution in [3.05, 3.63) is 94.5 Å². The lowest BCUT2D eigenvalue weighted by atomic mass is 9.70. The number of aryl methyl sites for hydroxylation is 3. The summed E-state index contributed by atoms with van der Waals surface area (Å²) in [5.74, 6) is -2.36. The first-order chi connectivity index (χ1) is 19.5. The summed E-state index contributed by atoms with van der Waals surface area (Å²) in [6.45, 7) is 0. The van der Waals surface area contributed by atoms with Gasteiger partial charge in [-0.15, -0.1) is 0 Å². The molecule has 0 fully saturated rings. The molecule has 222 valence electrons. The van der Waals surface area contributed by atoms with Gasteiger partial charge in [-0.05, 0) is 120 Å². The molecule has 3 aromatic rings. The van der Waals surface area contributed by atoms with Crippen molar-refractivity contribution in [3.63, 3.8) is 0 Å². The Morgan fingerprint density at radius 1 is 0.732 bits per heavy atom. The number of phenolic OH excluding ortho intramolecular Hbond substituents is 2. The van der Waals surface area contributed by atoms with Gasteiger partial charge < -0.3 is 10.2 Å². The monoisotopic (exact) mass is 592 g/mol. The third-order valence-electron chi connectivity index (χ3n) is 8.04. The molecule has 2 N–H and O–H groups in total. The van der Waals surface area contributed by atoms with E-state index in [0.29, 0.717) is 23.3 Å². The van der Waals surface area contributed by atoms with E-state index < -0.39 is 18.5 Å². The van der Waals surface area contributed by atoms with Crippen LogP contribution in [-0.2, 0) is 19.3 Å². The van der Waals surface area contributed by atoms with E-state index >= 15 is 0 Å². The summed E-state index contributed by atoms with van der Waals surface area (Å²) in [6, 6.07) is 21.6. The number of alkyl halides is 5. The van der Waals surface area contributed by atoms with Crippen LogP contribution in [0.2, 0.25) is 0 Å². The van der Waals surface area contributed by atoms with Crippen molar-refractivity contribution in [2.24, 2.45) is 0 Å². The largest absolute Gasteiger partial charge is 0.508 e. The van der Waals surface area contributed by atoms with Gasteiger partial charge in [0.25, 0.3) is 0 Å². The summed E-state index contributed by atoms with van der Waals surface area (Å²) in [6.07, 6.45) is -0.0223. The van der Waals surface area contributed by atoms with Crippen molar-refractivity contribution < 1.29 is 32.2 Å². The molecule has 2 unspecified atom stereocenters. The Morgan fingerprint density at radius 3 is 2.07 bits per heavy atom. The van der Waals surface area contributed by atoms with Crippen LogP contribution in [0.15, 0.2) is 66.7 Å². The number of thioether (sulfide) groups is 1. The van der Waals surface area contributed by atoms with Gasteiger partial charge in [0.1, 0.15) is 11.5 Å². The second-order valence-electron chi connectivity index (χ2n) is 11.0. The number of unbranched alkanes of at least 4 members (excludes halogenated alkanes) is 1. The summed E-state index contributed by atoms with van der Waals surface area (Å²) in [4.78, 5) is 0. The molecule has 3 aromatic carbocycles. The molecule has 0 spiro atoms. The molecule has 0 saturated carbocycles. The molecule has 41 heavy (non-hydrogen) atoms. The molecule has 0 aliphatic heterocycles. The van der Waals surface area contributed by atoms with Gasteiger partial charge in [0.05, 0.1) is 0 Å². The molecule has 2 atom stereocenters. The summed E-state index contributed by atoms with van der Waals surface area (Å²) in [5, 5.41) is 19.7. The van der Waals surface area contributed by atoms with Crippen LogP contribution >= 0.6 is 11.8 Å². The van der Waals surface area contributed by atoms with Crippen LogP contribution in [0.4, 0.5) is 22.0 Å². The molecule has 0 saturated heterocycles. The number of phenols is 2. The predicted octanol–water partition coefficient (Wildman–Crippen LogP) is 9.58. The van der Waals surface area contributed by atoms with Crippen LogP contribution in [0.5, 0.6) is 11.5 Å². The summed E-state index contributed by atoms with van der Waals surface area (Å²) < 4.78 is 62.6. The Labute approximate surface area is 243 Å². The van der Waals surface area contributed by atoms with Crippen molar-refractivity contribution in [2.45, 2.75) is 81.7 Å². The van der Waals surface area contributed by atoms with Gasteiger partial charge in [0, 0.05) is 6.42 Å². The van der Waals surface area contributed by atoms with E-state index in [1.54, 1.807) is 18.2 Å². The Morgan fingerprint density at radius 2 is 1.39 bits per heavy atom. The van der Waals surface area contributed by atoms with Gasteiger partial charge in [-0.3, -0.25) is 0 Å². The van der Waals surface area contributed by atoms with Gasteiger partial charge in [0.15, 0.2) is 0 Å². The third kappa shape index (κ3) is 8.63. The van der Waals surface area contributed by atoms with Gasteiger partial charge in [-0.25, -0.2) is 0 Å². The molecule has 1 aliphatic carbocycles. The Balaban J connectivity index is 1.22. The molecule has 0 radical (unpaired) electrons. The number of rotatable bonds is 13. The highest BCUT2D eigenvalue weighted by Gasteiger charge is 2.56. The zero-order valence-corrected chi connectivity index (χ0v) is 23.8. The second kappa shape index (κ2) is 14.0. The molecular formula is C33H37F5O2S. The van der Waals surface area contributed by atoms with E-state index in [-0.39, 0.29) is 17.9 Å². The van der Waals surface area contributed by atoms with Crippen molar-refractivity contribution in [2.75, 3.05) is 11.5 Å². The quantitative estimate of drug-likeness (QED) is 0.153. The lowest BCUT2D eigenvalue weighted by Crippen LogP contribution is -2.36. The van der Waals surface area contributed by atoms with E-state index in [1.165, 1.54) is 34.0 Å². The highest BCUT2D eigenvalue weighted by molar-refractivity contribution is 7.99. The lowest BCUT2D eigenvalue weighted by Gasteiger charge is -2.34. The maximum Gasteiger partial charge on any atom is 0.453 e. The fourth-order valence-corrected chi connectivity index (χ4v) is 6.71. The first-order valence-electron chi connectivity index (χ1n) is 14.2. The van der Waals surface area contributed by atoms with Crippen LogP contribution in [0.3, 0.4) is 0 Å². The molecule has 0 heterocycles. The minimum absolute atomic E-state index is 0.166. The summed E-state index contributed by atoms with van der Waals surface area (Å²) >= 11 is 1.40. The zero-order chi connectivity index (χ0) is 29.5. The number of halogens is 5. The van der Waals surface area contributed by atoms with Crippen molar-refractivity contribution in [1.82, 2.24) is 0 Å². The molecule has 1 aliphatic rings. The van der Waals surface area contributed by atoms with E-state index in [2.05, 4.69) is 30.3 Å². The predicted molar refractivity (Wildman–Crippen MR) is 155 cm³/mol. The average Bonchev–Trinajstić information content (AvgIpc) is 2.93. The highest BCUT2D eigenvalue weighted by atomic mass is 32.2. The number of hydrogen-bond donors (Lipinski definition) is 2. The number of hydrogen-bond acceptors (Lipinski definition) is 3. The maximum absolute atomic E-state index is 13.0. The fourth-order valence-electron chi connectivity index (χ4n) is 5.77. The van der Waals surface area contributed by atoms with Crippen LogP contribution in [0, 0.1) is 0 Å². The van der Waals surface area contributed by atoms with Crippen molar-refractivity contribution in [3.8, 4) is 11.5 Å². The van der Waals surface area contributed by atoms with Gasteiger partial charge >= 0.3 is 12.1 Å². The summed E-state index contributed by atoms with van der Waals surface area (Å²) in [7, 11) is 0. The smallest absolute Gasteiger partial charge is 0.453 e. The topological polar surface area (TPSA) is 40.5 Å². The lowest BCUT2D eigenvalue weighted by molar-refractivity contribution is -0.284. The van der Waals surface area contributed by atoms with E-state index in [0.717, 1.165) is 50.5 Å². The van der Waals surface area contributed by atoms with E-state index in [9.17, 15) is 32.2 Å². The Kier molecular flexibility index (Phi) is 10.6. The minimum atomic E-state index is -5.47. The van der Waals surface area contributed by atoms with Crippen LogP contribution in [0.1, 0.15) is 78.2 Å². The van der Waals surface area contributed by atoms with E-state index in [4.69, 9.17) is 0 Å². The Bertz CT molecular complexity index is 1240. The fraction of sp³-hybridized carbons (Fsp3) is 0.455. The van der Waals surface area contributed by atoms with Gasteiger partial charge in [0.2, 0.25) is 0 Å². The van der Waals surface area contributed by atoms with E-state index in [1.807, 2.05) is 18.2 Å². The van der Waals surface area contributed by atoms with Crippen molar-refractivity contribution in [1.29, 1.82) is 0 Å². The standard InChI is InChI=1S/C33H37F5O2S/c34-32(35,33(36,37)38)19-3-20-41-21-18-24-8-6-23(7-9-24)4-1-2-5-31-29(25-10-13-27(39)14-11-25)16-12-26-22-28(40)15-17-30(26)31/h6-11,13-15,17,22,29,31,39-40H,1-5,12,16,18-21H2. The first-order valence-corrected chi connectivity index (χ1v) is 15.4. The normalized spacial score (nSPS) is 17.4. The average molecular weight is 593 g/mol. The molecule has 8 heteroatoms. The first kappa shape index (κ1) is 31.2. The second-order valence-corrected chi connectivity index (χ2v) is 12.2.